The van der Waals surface area contributed by atoms with Crippen LogP contribution in [0.5, 0.6) is 0 Å². The van der Waals surface area contributed by atoms with Crippen LogP contribution in [0.2, 0.25) is 0 Å². The Morgan fingerprint density at radius 2 is 1.06 bits per heavy atom. The first-order valence-corrected chi connectivity index (χ1v) is 19.8. The summed E-state index contributed by atoms with van der Waals surface area (Å²) in [6.07, 6.45) is 0.660. The third kappa shape index (κ3) is 4.36. The lowest BCUT2D eigenvalue weighted by Crippen LogP contribution is -2.16. The van der Waals surface area contributed by atoms with E-state index in [1.807, 2.05) is 12.1 Å². The molecule has 0 N–H and O–H groups in total. The molecule has 1 aromatic heterocycles. The highest BCUT2D eigenvalue weighted by Gasteiger charge is 2.35. The van der Waals surface area contributed by atoms with E-state index in [1.165, 1.54) is 32.5 Å². The summed E-state index contributed by atoms with van der Waals surface area (Å²) in [6, 6.07) is 56.9. The van der Waals surface area contributed by atoms with Crippen molar-refractivity contribution >= 4 is 64.0 Å². The zero-order valence-corrected chi connectivity index (χ0v) is 30.2. The third-order valence-electron chi connectivity index (χ3n) is 11.2. The summed E-state index contributed by atoms with van der Waals surface area (Å²) in [6.45, 7) is 2.07. The molecule has 0 aliphatic carbocycles. The zero-order chi connectivity index (χ0) is 36.1. The average molecular weight is 713 g/mol. The van der Waals surface area contributed by atoms with Crippen LogP contribution in [0.1, 0.15) is 12.7 Å². The van der Waals surface area contributed by atoms with Crippen molar-refractivity contribution in [3.05, 3.63) is 170 Å². The van der Waals surface area contributed by atoms with Crippen LogP contribution in [0.15, 0.2) is 174 Å². The molecule has 0 bridgehead atoms. The molecule has 0 amide bonds. The van der Waals surface area contributed by atoms with Crippen molar-refractivity contribution in [2.75, 3.05) is 0 Å². The van der Waals surface area contributed by atoms with Crippen molar-refractivity contribution in [1.82, 2.24) is 9.55 Å². The molecule has 0 unspecified atom stereocenters. The van der Waals surface area contributed by atoms with Crippen LogP contribution in [0.25, 0.3) is 93.2 Å². The van der Waals surface area contributed by atoms with E-state index in [2.05, 4.69) is 145 Å². The molecule has 10 aromatic rings. The highest BCUT2D eigenvalue weighted by Crippen LogP contribution is 2.48. The highest BCUT2D eigenvalue weighted by atomic mass is 32.2. The van der Waals surface area contributed by atoms with Gasteiger partial charge in [0.15, 0.2) is 0 Å². The molecule has 4 nitrogen and oxygen atoms in total. The molecule has 0 radical (unpaired) electrons. The largest absolute Gasteiger partial charge is 0.293 e. The molecule has 5 heteroatoms. The Hall–Kier alpha value is -6.56. The van der Waals surface area contributed by atoms with E-state index in [-0.39, 0.29) is 0 Å². The minimum Gasteiger partial charge on any atom is -0.293 e. The zero-order valence-electron chi connectivity index (χ0n) is 29.4. The number of hydrogen-bond donors (Lipinski definition) is 0. The van der Waals surface area contributed by atoms with Crippen LogP contribution < -0.4 is 0 Å². The second-order valence-electron chi connectivity index (χ2n) is 14.2. The molecule has 0 atom stereocenters. The highest BCUT2D eigenvalue weighted by molar-refractivity contribution is 7.92. The first kappa shape index (κ1) is 31.0. The molecule has 256 valence electrons. The van der Waals surface area contributed by atoms with Gasteiger partial charge in [-0.15, -0.1) is 0 Å². The average Bonchev–Trinajstić information content (AvgIpc) is 3.60. The Bertz CT molecular complexity index is 3340. The van der Waals surface area contributed by atoms with Gasteiger partial charge in [0.2, 0.25) is 9.84 Å². The molecule has 0 saturated carbocycles. The Kier molecular flexibility index (Phi) is 6.59. The van der Waals surface area contributed by atoms with Gasteiger partial charge in [0.05, 0.1) is 26.5 Å². The number of aryl methyl sites for hydroxylation is 1. The summed E-state index contributed by atoms with van der Waals surface area (Å²) >= 11 is 0. The van der Waals surface area contributed by atoms with Crippen LogP contribution in [-0.2, 0) is 16.3 Å². The molecule has 0 spiro atoms. The van der Waals surface area contributed by atoms with Gasteiger partial charge in [0, 0.05) is 12.0 Å². The van der Waals surface area contributed by atoms with Crippen molar-refractivity contribution in [3.8, 4) is 39.1 Å². The maximum atomic E-state index is 14.3. The van der Waals surface area contributed by atoms with Gasteiger partial charge in [-0.1, -0.05) is 134 Å². The number of hydrogen-bond acceptors (Lipinski definition) is 3. The third-order valence-corrected chi connectivity index (χ3v) is 13.1. The van der Waals surface area contributed by atoms with E-state index < -0.39 is 9.84 Å². The number of aromatic nitrogens is 2. The van der Waals surface area contributed by atoms with Gasteiger partial charge < -0.3 is 0 Å². The summed E-state index contributed by atoms with van der Waals surface area (Å²) in [4.78, 5) is 5.54. The van der Waals surface area contributed by atoms with Gasteiger partial charge in [0.25, 0.3) is 0 Å². The molecule has 2 heterocycles. The minimum absolute atomic E-state index is 0.304. The monoisotopic (exact) mass is 712 g/mol. The lowest BCUT2D eigenvalue weighted by Gasteiger charge is -2.24. The van der Waals surface area contributed by atoms with Crippen LogP contribution >= 0.6 is 0 Å². The number of fused-ring (bicyclic) bond motifs is 6. The Morgan fingerprint density at radius 1 is 0.500 bits per heavy atom. The van der Waals surface area contributed by atoms with Crippen molar-refractivity contribution in [2.24, 2.45) is 0 Å². The lowest BCUT2D eigenvalue weighted by molar-refractivity contribution is 0.594. The fourth-order valence-electron chi connectivity index (χ4n) is 8.82. The summed E-state index contributed by atoms with van der Waals surface area (Å²) in [5.74, 6) is 0.836. The maximum Gasteiger partial charge on any atom is 0.210 e. The number of benzene rings is 9. The molecular weight excluding hydrogens is 681 g/mol. The van der Waals surface area contributed by atoms with Crippen LogP contribution in [-0.4, -0.2) is 18.0 Å². The quantitative estimate of drug-likeness (QED) is 0.171. The lowest BCUT2D eigenvalue weighted by atomic mass is 9.84. The second kappa shape index (κ2) is 11.5. The second-order valence-corrected chi connectivity index (χ2v) is 16.1. The van der Waals surface area contributed by atoms with Gasteiger partial charge in [-0.2, -0.15) is 0 Å². The summed E-state index contributed by atoms with van der Waals surface area (Å²) in [7, 11) is -3.80. The van der Waals surface area contributed by atoms with Gasteiger partial charge in [-0.25, -0.2) is 13.4 Å². The molecule has 0 saturated heterocycles. The number of para-hydroxylation sites is 2. The van der Waals surface area contributed by atoms with Crippen LogP contribution in [0, 0.1) is 0 Å². The van der Waals surface area contributed by atoms with Crippen LogP contribution in [0.3, 0.4) is 0 Å². The number of sulfone groups is 1. The Labute approximate surface area is 312 Å². The molecule has 1 aliphatic heterocycles. The molecule has 11 rings (SSSR count). The normalized spacial score (nSPS) is 13.3. The summed E-state index contributed by atoms with van der Waals surface area (Å²) < 4.78 is 30.7. The van der Waals surface area contributed by atoms with Crippen molar-refractivity contribution < 1.29 is 8.42 Å². The number of imidazole rings is 1. The predicted octanol–water partition coefficient (Wildman–Crippen LogP) is 12.3. The fourth-order valence-corrected chi connectivity index (χ4v) is 10.5. The predicted molar refractivity (Wildman–Crippen MR) is 222 cm³/mol. The SMILES string of the molecule is CCc1nc2cccc3c2n1-c1c(-c2ccc4c(-c5ccc6ccccc6c5)c5ccccc5c(-c5ccc6ccccc6c5)c4c2)cccc1S3(=O)=O. The number of rotatable bonds is 4. The molecule has 0 fully saturated rings. The van der Waals surface area contributed by atoms with E-state index in [1.54, 1.807) is 18.2 Å². The first-order valence-electron chi connectivity index (χ1n) is 18.4. The van der Waals surface area contributed by atoms with E-state index in [0.717, 1.165) is 49.8 Å². The van der Waals surface area contributed by atoms with E-state index in [4.69, 9.17) is 4.98 Å². The van der Waals surface area contributed by atoms with Gasteiger partial charge in [-0.3, -0.25) is 4.57 Å². The van der Waals surface area contributed by atoms with Crippen molar-refractivity contribution in [1.29, 1.82) is 0 Å². The first-order chi connectivity index (χ1) is 26.5. The van der Waals surface area contributed by atoms with Gasteiger partial charge in [-0.05, 0) is 107 Å². The van der Waals surface area contributed by atoms with Crippen molar-refractivity contribution in [3.63, 3.8) is 0 Å². The Morgan fingerprint density at radius 3 is 1.72 bits per heavy atom. The smallest absolute Gasteiger partial charge is 0.210 e. The van der Waals surface area contributed by atoms with Crippen LogP contribution in [0.4, 0.5) is 0 Å². The summed E-state index contributed by atoms with van der Waals surface area (Å²) in [5, 5.41) is 9.36. The van der Waals surface area contributed by atoms with Crippen molar-refractivity contribution in [2.45, 2.75) is 23.1 Å². The maximum absolute atomic E-state index is 14.3. The number of nitrogens with zero attached hydrogens (tertiary/aromatic N) is 2. The molecule has 54 heavy (non-hydrogen) atoms. The van der Waals surface area contributed by atoms with E-state index in [0.29, 0.717) is 32.9 Å². The standard InChI is InChI=1S/C49H32N2O2S/c1-2-45-50-42-18-10-20-44-49(42)51(45)48-37(17-9-19-43(48)54(44,52)53)34-25-26-40-41(29-34)47(36-24-22-31-12-4-6-14-33(31)28-36)39-16-8-7-15-38(39)46(40)35-23-21-30-11-3-5-13-32(30)27-35/h3-29H,2H2,1H3. The fraction of sp³-hybridized carbons (Fsp3) is 0.0408. The molecule has 1 aliphatic rings. The molecular formula is C49H32N2O2S. The molecule has 9 aromatic carbocycles. The van der Waals surface area contributed by atoms with E-state index in [9.17, 15) is 8.42 Å². The van der Waals surface area contributed by atoms with E-state index >= 15 is 0 Å². The van der Waals surface area contributed by atoms with Gasteiger partial charge in [0.1, 0.15) is 5.82 Å². The topological polar surface area (TPSA) is 52.0 Å². The summed E-state index contributed by atoms with van der Waals surface area (Å²) in [5.41, 5.74) is 8.42. The Balaban J connectivity index is 1.27. The van der Waals surface area contributed by atoms with Gasteiger partial charge >= 0.3 is 0 Å². The minimum atomic E-state index is -3.80.